The summed E-state index contributed by atoms with van der Waals surface area (Å²) in [5.41, 5.74) is 13.8. The number of rotatable bonds is 10. The van der Waals surface area contributed by atoms with Crippen molar-refractivity contribution in [2.75, 3.05) is 26.9 Å². The van der Waals surface area contributed by atoms with Crippen LogP contribution in [0.3, 0.4) is 0 Å². The zero-order valence-electron chi connectivity index (χ0n) is 22.0. The van der Waals surface area contributed by atoms with Crippen molar-refractivity contribution in [2.24, 2.45) is 22.2 Å². The first kappa shape index (κ1) is 33.5. The molecule has 15 atom stereocenters. The summed E-state index contributed by atoms with van der Waals surface area (Å²) in [6.07, 6.45) is -18.1. The lowest BCUT2D eigenvalue weighted by Crippen LogP contribution is -2.70. The highest BCUT2D eigenvalue weighted by atomic mass is 16.8. The van der Waals surface area contributed by atoms with E-state index in [0.29, 0.717) is 0 Å². The van der Waals surface area contributed by atoms with Gasteiger partial charge in [0.05, 0.1) is 31.9 Å². The molecule has 18 N–H and O–H groups in total. The SMILES string of the molecule is CN[C@@H]1[C@H](O[C@H]2[C@H](O[C@@H]3[C@@H](O)[C@H](O)[C@@H](N=C(N)N)[C@H](O)[C@H]3NC(=N)N)O[C@@H](CO)[C@]2(O)CO)O[C@@H](CO)[C@H](O)[C@H]1O. The summed E-state index contributed by atoms with van der Waals surface area (Å²) in [7, 11) is 1.40. The minimum Gasteiger partial charge on any atom is -0.394 e. The number of nitrogens with zero attached hydrogens (tertiary/aromatic N) is 1. The molecule has 238 valence electrons. The molecule has 2 saturated heterocycles. The van der Waals surface area contributed by atoms with Crippen LogP contribution in [0.15, 0.2) is 4.99 Å². The third-order valence-electron chi connectivity index (χ3n) is 7.53. The summed E-state index contributed by atoms with van der Waals surface area (Å²) in [4.78, 5) is 3.73. The molecule has 20 nitrogen and oxygen atoms in total. The van der Waals surface area contributed by atoms with Crippen LogP contribution in [0.2, 0.25) is 0 Å². The number of aliphatic imine (C=N–C) groups is 1. The minimum atomic E-state index is -2.39. The Morgan fingerprint density at radius 1 is 0.878 bits per heavy atom. The highest BCUT2D eigenvalue weighted by Crippen LogP contribution is 2.38. The number of nitrogens with two attached hydrogens (primary N) is 3. The molecule has 41 heavy (non-hydrogen) atoms. The Balaban J connectivity index is 1.97. The minimum absolute atomic E-state index is 0.521. The first-order valence-electron chi connectivity index (χ1n) is 12.7. The molecule has 3 fully saturated rings. The van der Waals surface area contributed by atoms with Gasteiger partial charge in [0.15, 0.2) is 24.5 Å². The van der Waals surface area contributed by atoms with E-state index in [1.54, 1.807) is 0 Å². The maximum absolute atomic E-state index is 11.3. The normalized spacial score (nSPS) is 46.7. The van der Waals surface area contributed by atoms with E-state index in [9.17, 15) is 46.0 Å². The second-order valence-electron chi connectivity index (χ2n) is 10.1. The Kier molecular flexibility index (Phi) is 11.0. The van der Waals surface area contributed by atoms with Crippen LogP contribution in [-0.4, -0.2) is 176 Å². The molecule has 0 aromatic heterocycles. The van der Waals surface area contributed by atoms with E-state index >= 15 is 0 Å². The van der Waals surface area contributed by atoms with Crippen LogP contribution in [0.25, 0.3) is 0 Å². The van der Waals surface area contributed by atoms with Crippen molar-refractivity contribution in [2.45, 2.75) is 91.2 Å². The van der Waals surface area contributed by atoms with Crippen molar-refractivity contribution in [1.29, 1.82) is 5.41 Å². The average Bonchev–Trinajstić information content (AvgIpc) is 3.19. The summed E-state index contributed by atoms with van der Waals surface area (Å²) < 4.78 is 22.9. The predicted molar refractivity (Wildman–Crippen MR) is 135 cm³/mol. The molecule has 0 bridgehead atoms. The second kappa shape index (κ2) is 13.5. The standard InChI is InChI=1S/C21H41N7O13/c1-26-9-13(35)10(32)5(2-29)38-17(9)41-16-18(39-6(3-30)21(16,37)4-31)40-15-8(28-20(24)25)11(33)7(27-19(22)23)12(34)14(15)36/h5-18,26,29-37H,2-4H2,1H3,(H4,22,23,27)(H4,24,25,28)/t5-,6-,7-,8+,9-,10-,11-,12+,13-,14-,15-,16-,17-,18-,21+/m0/s1. The topological polar surface area (TPSA) is 357 Å². The highest BCUT2D eigenvalue weighted by Gasteiger charge is 2.61. The molecule has 0 spiro atoms. The summed E-state index contributed by atoms with van der Waals surface area (Å²) in [5, 5.41) is 107. The number of hydrogen-bond donors (Lipinski definition) is 15. The van der Waals surface area contributed by atoms with Gasteiger partial charge in [-0.1, -0.05) is 0 Å². The monoisotopic (exact) mass is 599 g/mol. The maximum atomic E-state index is 11.3. The molecule has 0 unspecified atom stereocenters. The first-order valence-corrected chi connectivity index (χ1v) is 12.7. The van der Waals surface area contributed by atoms with Crippen LogP contribution in [0.1, 0.15) is 0 Å². The Morgan fingerprint density at radius 2 is 1.54 bits per heavy atom. The first-order chi connectivity index (χ1) is 19.2. The van der Waals surface area contributed by atoms with Crippen LogP contribution < -0.4 is 27.8 Å². The Hall–Kier alpha value is -2.02. The van der Waals surface area contributed by atoms with E-state index in [1.807, 2.05) is 0 Å². The van der Waals surface area contributed by atoms with Crippen molar-refractivity contribution in [1.82, 2.24) is 10.6 Å². The fourth-order valence-corrected chi connectivity index (χ4v) is 5.31. The lowest BCUT2D eigenvalue weighted by Gasteiger charge is -2.46. The number of aliphatic hydroxyl groups excluding tert-OH is 8. The number of hydrogen-bond acceptors (Lipinski definition) is 16. The Labute approximate surface area is 233 Å². The molecule has 2 aliphatic heterocycles. The van der Waals surface area contributed by atoms with Crippen molar-refractivity contribution in [3.8, 4) is 0 Å². The molecular formula is C21H41N7O13. The lowest BCUT2D eigenvalue weighted by atomic mass is 9.81. The van der Waals surface area contributed by atoms with Gasteiger partial charge in [-0.3, -0.25) is 5.41 Å². The van der Waals surface area contributed by atoms with Gasteiger partial charge in [-0.05, 0) is 7.05 Å². The zero-order valence-corrected chi connectivity index (χ0v) is 22.0. The van der Waals surface area contributed by atoms with E-state index in [-0.39, 0.29) is 0 Å². The Bertz CT molecular complexity index is 919. The summed E-state index contributed by atoms with van der Waals surface area (Å²) in [5.74, 6) is -1.20. The van der Waals surface area contributed by atoms with E-state index in [0.717, 1.165) is 0 Å². The third-order valence-corrected chi connectivity index (χ3v) is 7.53. The quantitative estimate of drug-likeness (QED) is 0.0818. The molecule has 0 radical (unpaired) electrons. The molecule has 2 heterocycles. The molecule has 20 heteroatoms. The van der Waals surface area contributed by atoms with Gasteiger partial charge in [0.2, 0.25) is 0 Å². The summed E-state index contributed by atoms with van der Waals surface area (Å²) >= 11 is 0. The predicted octanol–water partition coefficient (Wildman–Crippen LogP) is -9.19. The molecule has 3 aliphatic rings. The van der Waals surface area contributed by atoms with Crippen LogP contribution in [-0.2, 0) is 18.9 Å². The van der Waals surface area contributed by atoms with Crippen LogP contribution in [0, 0.1) is 5.41 Å². The smallest absolute Gasteiger partial charge is 0.188 e. The van der Waals surface area contributed by atoms with Gasteiger partial charge in [0, 0.05) is 0 Å². The van der Waals surface area contributed by atoms with Gasteiger partial charge >= 0.3 is 0 Å². The fourth-order valence-electron chi connectivity index (χ4n) is 5.31. The van der Waals surface area contributed by atoms with Gasteiger partial charge in [-0.2, -0.15) is 0 Å². The number of ether oxygens (including phenoxy) is 4. The highest BCUT2D eigenvalue weighted by molar-refractivity contribution is 5.76. The van der Waals surface area contributed by atoms with E-state index in [4.69, 9.17) is 41.6 Å². The summed E-state index contributed by atoms with van der Waals surface area (Å²) in [6, 6.07) is -4.11. The second-order valence-corrected chi connectivity index (χ2v) is 10.1. The van der Waals surface area contributed by atoms with Crippen LogP contribution in [0.5, 0.6) is 0 Å². The molecular weight excluding hydrogens is 558 g/mol. The third kappa shape index (κ3) is 6.50. The molecule has 1 aliphatic carbocycles. The largest absolute Gasteiger partial charge is 0.394 e. The average molecular weight is 600 g/mol. The maximum Gasteiger partial charge on any atom is 0.188 e. The number of guanidine groups is 2. The van der Waals surface area contributed by atoms with Gasteiger partial charge in [-0.15, -0.1) is 0 Å². The van der Waals surface area contributed by atoms with Crippen LogP contribution >= 0.6 is 0 Å². The molecule has 0 amide bonds. The Morgan fingerprint density at radius 3 is 2.05 bits per heavy atom. The number of likely N-dealkylation sites (N-methyl/N-ethyl adjacent to an activating group) is 1. The number of nitrogens with one attached hydrogen (secondary N) is 3. The van der Waals surface area contributed by atoms with Crippen molar-refractivity contribution < 1.29 is 64.9 Å². The molecule has 3 rings (SSSR count). The molecule has 1 saturated carbocycles. The van der Waals surface area contributed by atoms with E-state index < -0.39 is 123 Å². The van der Waals surface area contributed by atoms with Gasteiger partial charge in [0.1, 0.15) is 66.6 Å². The van der Waals surface area contributed by atoms with Crippen molar-refractivity contribution >= 4 is 11.9 Å². The van der Waals surface area contributed by atoms with Crippen LogP contribution in [0.4, 0.5) is 0 Å². The van der Waals surface area contributed by atoms with Gasteiger partial charge < -0.3 is 92.7 Å². The molecule has 0 aromatic rings. The van der Waals surface area contributed by atoms with E-state index in [1.165, 1.54) is 7.05 Å². The van der Waals surface area contributed by atoms with E-state index in [2.05, 4.69) is 15.6 Å². The fraction of sp³-hybridized carbons (Fsp3) is 0.905. The molecule has 0 aromatic carbocycles. The number of aliphatic hydroxyl groups is 9. The lowest BCUT2D eigenvalue weighted by molar-refractivity contribution is -0.318. The summed E-state index contributed by atoms with van der Waals surface area (Å²) in [6.45, 7) is -2.65. The van der Waals surface area contributed by atoms with Crippen molar-refractivity contribution in [3.05, 3.63) is 0 Å². The van der Waals surface area contributed by atoms with Crippen molar-refractivity contribution in [3.63, 3.8) is 0 Å². The van der Waals surface area contributed by atoms with Gasteiger partial charge in [0.25, 0.3) is 0 Å². The zero-order chi connectivity index (χ0) is 30.8. The van der Waals surface area contributed by atoms with Gasteiger partial charge in [-0.25, -0.2) is 4.99 Å².